The summed E-state index contributed by atoms with van der Waals surface area (Å²) in [4.78, 5) is 22.8. The zero-order valence-corrected chi connectivity index (χ0v) is 9.71. The molecule has 7 heteroatoms. The normalized spacial score (nSPS) is 18.8. The third-order valence-corrected chi connectivity index (χ3v) is 2.48. The highest BCUT2D eigenvalue weighted by Gasteiger charge is 2.28. The van der Waals surface area contributed by atoms with Gasteiger partial charge < -0.3 is 4.42 Å². The van der Waals surface area contributed by atoms with Crippen molar-refractivity contribution in [1.82, 2.24) is 10.9 Å². The smallest absolute Gasteiger partial charge is 0.249 e. The minimum absolute atomic E-state index is 0.0245. The lowest BCUT2D eigenvalue weighted by Crippen LogP contribution is -2.29. The lowest BCUT2D eigenvalue weighted by molar-refractivity contribution is -0.127. The molecular formula is C11H12N4O3. The van der Waals surface area contributed by atoms with Gasteiger partial charge in [-0.1, -0.05) is 0 Å². The summed E-state index contributed by atoms with van der Waals surface area (Å²) in [6.07, 6.45) is 2.91. The van der Waals surface area contributed by atoms with Crippen LogP contribution in [-0.2, 0) is 9.59 Å². The molecule has 0 bridgehead atoms. The van der Waals surface area contributed by atoms with Crippen molar-refractivity contribution in [3.8, 4) is 0 Å². The number of amides is 2. The number of furan rings is 1. The van der Waals surface area contributed by atoms with Crippen LogP contribution in [0.25, 0.3) is 0 Å². The van der Waals surface area contributed by atoms with Crippen LogP contribution in [0.2, 0.25) is 0 Å². The molecule has 1 atom stereocenters. The van der Waals surface area contributed by atoms with Crippen molar-refractivity contribution in [2.24, 2.45) is 16.1 Å². The van der Waals surface area contributed by atoms with Crippen LogP contribution in [0.3, 0.4) is 0 Å². The largest absolute Gasteiger partial charge is 0.463 e. The molecule has 1 aliphatic rings. The quantitative estimate of drug-likeness (QED) is 0.590. The van der Waals surface area contributed by atoms with Gasteiger partial charge in [0.15, 0.2) is 0 Å². The van der Waals surface area contributed by atoms with E-state index in [-0.39, 0.29) is 18.2 Å². The highest BCUT2D eigenvalue weighted by atomic mass is 16.3. The van der Waals surface area contributed by atoms with Crippen LogP contribution >= 0.6 is 0 Å². The van der Waals surface area contributed by atoms with Crippen LogP contribution in [0.1, 0.15) is 19.1 Å². The molecule has 0 aromatic carbocycles. The first-order valence-corrected chi connectivity index (χ1v) is 5.36. The van der Waals surface area contributed by atoms with Gasteiger partial charge in [0.1, 0.15) is 5.76 Å². The number of carbonyl (C=O) groups excluding carboxylic acids is 2. The van der Waals surface area contributed by atoms with E-state index in [1.165, 1.54) is 12.5 Å². The third kappa shape index (κ3) is 2.82. The number of nitrogens with one attached hydrogen (secondary N) is 2. The minimum atomic E-state index is -0.510. The van der Waals surface area contributed by atoms with Crippen molar-refractivity contribution in [1.29, 1.82) is 0 Å². The second-order valence-corrected chi connectivity index (χ2v) is 3.79. The van der Waals surface area contributed by atoms with Gasteiger partial charge in [-0.05, 0) is 19.1 Å². The van der Waals surface area contributed by atoms with Crippen LogP contribution in [0.5, 0.6) is 0 Å². The van der Waals surface area contributed by atoms with E-state index in [9.17, 15) is 9.59 Å². The van der Waals surface area contributed by atoms with E-state index in [0.29, 0.717) is 11.5 Å². The summed E-state index contributed by atoms with van der Waals surface area (Å²) in [7, 11) is 0. The highest BCUT2D eigenvalue weighted by molar-refractivity contribution is 6.09. The van der Waals surface area contributed by atoms with Crippen LogP contribution in [0.4, 0.5) is 0 Å². The number of hydrogen-bond acceptors (Lipinski definition) is 5. The average molecular weight is 248 g/mol. The standard InChI is InChI=1S/C11H12N4O3/c1-7-9(11(17)15-13-7)5-10(16)14-12-6-8-3-2-4-18-8/h2-4,6,9H,5H2,1H3,(H,14,16)(H,15,17)/b12-6-/t9-/m0/s1. The monoisotopic (exact) mass is 248 g/mol. The number of carbonyl (C=O) groups is 2. The van der Waals surface area contributed by atoms with Crippen molar-refractivity contribution < 1.29 is 14.0 Å². The van der Waals surface area contributed by atoms with Crippen LogP contribution in [0, 0.1) is 5.92 Å². The van der Waals surface area contributed by atoms with Gasteiger partial charge in [-0.3, -0.25) is 9.59 Å². The van der Waals surface area contributed by atoms with Gasteiger partial charge in [0.05, 0.1) is 18.4 Å². The van der Waals surface area contributed by atoms with E-state index in [1.807, 2.05) is 0 Å². The van der Waals surface area contributed by atoms with Crippen molar-refractivity contribution in [2.45, 2.75) is 13.3 Å². The number of hydrogen-bond donors (Lipinski definition) is 2. The zero-order valence-electron chi connectivity index (χ0n) is 9.71. The molecule has 1 aromatic heterocycles. The number of hydrazone groups is 2. The maximum Gasteiger partial charge on any atom is 0.249 e. The van der Waals surface area contributed by atoms with Gasteiger partial charge >= 0.3 is 0 Å². The lowest BCUT2D eigenvalue weighted by Gasteiger charge is -2.05. The molecule has 2 rings (SSSR count). The molecule has 1 aromatic rings. The Kier molecular flexibility index (Phi) is 3.52. The van der Waals surface area contributed by atoms with Crippen molar-refractivity contribution in [3.05, 3.63) is 24.2 Å². The molecule has 2 heterocycles. The molecule has 18 heavy (non-hydrogen) atoms. The number of rotatable bonds is 4. The molecule has 0 unspecified atom stereocenters. The van der Waals surface area contributed by atoms with Gasteiger partial charge in [-0.15, -0.1) is 0 Å². The van der Waals surface area contributed by atoms with E-state index >= 15 is 0 Å². The Bertz CT molecular complexity index is 504. The molecule has 0 radical (unpaired) electrons. The molecule has 2 N–H and O–H groups in total. The summed E-state index contributed by atoms with van der Waals surface area (Å²) in [5, 5.41) is 7.47. The maximum atomic E-state index is 11.5. The first-order chi connectivity index (χ1) is 8.66. The molecule has 0 fully saturated rings. The highest BCUT2D eigenvalue weighted by Crippen LogP contribution is 2.11. The van der Waals surface area contributed by atoms with Crippen molar-refractivity contribution >= 4 is 23.7 Å². The van der Waals surface area contributed by atoms with Crippen LogP contribution in [0.15, 0.2) is 33.0 Å². The minimum Gasteiger partial charge on any atom is -0.463 e. The van der Waals surface area contributed by atoms with Gasteiger partial charge in [0.25, 0.3) is 0 Å². The average Bonchev–Trinajstić information content (AvgIpc) is 2.94. The summed E-state index contributed by atoms with van der Waals surface area (Å²) in [5.41, 5.74) is 5.25. The zero-order chi connectivity index (χ0) is 13.0. The molecule has 0 spiro atoms. The summed E-state index contributed by atoms with van der Waals surface area (Å²) in [6.45, 7) is 1.70. The molecule has 0 saturated heterocycles. The van der Waals surface area contributed by atoms with Gasteiger partial charge in [0, 0.05) is 12.1 Å². The van der Waals surface area contributed by atoms with Crippen molar-refractivity contribution in [2.75, 3.05) is 0 Å². The van der Waals surface area contributed by atoms with Crippen molar-refractivity contribution in [3.63, 3.8) is 0 Å². The second-order valence-electron chi connectivity index (χ2n) is 3.79. The molecule has 7 nitrogen and oxygen atoms in total. The fourth-order valence-electron chi connectivity index (χ4n) is 1.49. The van der Waals surface area contributed by atoms with Crippen LogP contribution in [-0.4, -0.2) is 23.7 Å². The Morgan fingerprint density at radius 3 is 3.17 bits per heavy atom. The summed E-state index contributed by atoms with van der Waals surface area (Å²) in [5.74, 6) is -0.595. The topological polar surface area (TPSA) is 96.1 Å². The van der Waals surface area contributed by atoms with Crippen LogP contribution < -0.4 is 10.9 Å². The first-order valence-electron chi connectivity index (χ1n) is 5.36. The second kappa shape index (κ2) is 5.26. The van der Waals surface area contributed by atoms with E-state index in [1.54, 1.807) is 19.1 Å². The van der Waals surface area contributed by atoms with Gasteiger partial charge in [-0.2, -0.15) is 10.2 Å². The predicted octanol–water partition coefficient (Wildman–Crippen LogP) is 0.242. The Labute approximate surface area is 103 Å². The molecule has 1 aliphatic heterocycles. The Morgan fingerprint density at radius 1 is 1.72 bits per heavy atom. The van der Waals surface area contributed by atoms with Gasteiger partial charge in [-0.25, -0.2) is 10.9 Å². The predicted molar refractivity (Wildman–Crippen MR) is 63.8 cm³/mol. The molecular weight excluding hydrogens is 236 g/mol. The maximum absolute atomic E-state index is 11.5. The fourth-order valence-corrected chi connectivity index (χ4v) is 1.49. The van der Waals surface area contributed by atoms with E-state index in [4.69, 9.17) is 4.42 Å². The Morgan fingerprint density at radius 2 is 2.56 bits per heavy atom. The van der Waals surface area contributed by atoms with E-state index in [2.05, 4.69) is 21.1 Å². The third-order valence-electron chi connectivity index (χ3n) is 2.48. The SMILES string of the molecule is CC1=NNC(=O)[C@H]1CC(=O)N/N=C\c1ccco1. The molecule has 94 valence electrons. The summed E-state index contributed by atoms with van der Waals surface area (Å²) < 4.78 is 5.00. The molecule has 0 saturated carbocycles. The Balaban J connectivity index is 1.82. The summed E-state index contributed by atoms with van der Waals surface area (Å²) >= 11 is 0. The summed E-state index contributed by atoms with van der Waals surface area (Å²) in [6, 6.07) is 3.42. The molecule has 0 aliphatic carbocycles. The van der Waals surface area contributed by atoms with E-state index < -0.39 is 5.92 Å². The fraction of sp³-hybridized carbons (Fsp3) is 0.273. The Hall–Kier alpha value is -2.44. The van der Waals surface area contributed by atoms with E-state index in [0.717, 1.165) is 0 Å². The van der Waals surface area contributed by atoms with Gasteiger partial charge in [0.2, 0.25) is 11.8 Å². The first kappa shape index (κ1) is 12.0. The number of nitrogens with zero attached hydrogens (tertiary/aromatic N) is 2. The lowest BCUT2D eigenvalue weighted by atomic mass is 10.0. The molecule has 2 amide bonds.